The Hall–Kier alpha value is -1.97. The zero-order valence-corrected chi connectivity index (χ0v) is 17.6. The monoisotopic (exact) mass is 426 g/mol. The molecule has 1 aliphatic heterocycles. The summed E-state index contributed by atoms with van der Waals surface area (Å²) in [6, 6.07) is 8.21. The first-order valence-electron chi connectivity index (χ1n) is 9.62. The Kier molecular flexibility index (Phi) is 6.03. The quantitative estimate of drug-likeness (QED) is 0.401. The molecule has 2 aliphatic rings. The summed E-state index contributed by atoms with van der Waals surface area (Å²) in [5.74, 6) is -2.45. The molecule has 0 amide bonds. The Morgan fingerprint density at radius 3 is 2.52 bits per heavy atom. The first kappa shape index (κ1) is 21.7. The Morgan fingerprint density at radius 2 is 1.86 bits per heavy atom. The van der Waals surface area contributed by atoms with E-state index in [0.29, 0.717) is 19.3 Å². The Morgan fingerprint density at radius 1 is 1.17 bits per heavy atom. The molecule has 3 unspecified atom stereocenters. The SMILES string of the molecule is CCOC(=O)C(=O)OC1(C)CCC2CC1OO[C@]2(C)CS(=O)(=O)c1ccccc1. The van der Waals surface area contributed by atoms with Gasteiger partial charge in [0.1, 0.15) is 17.3 Å². The van der Waals surface area contributed by atoms with Crippen LogP contribution >= 0.6 is 0 Å². The minimum Gasteiger partial charge on any atom is -0.458 e. The number of fused-ring (bicyclic) bond motifs is 2. The van der Waals surface area contributed by atoms with Gasteiger partial charge in [0.15, 0.2) is 9.84 Å². The molecule has 1 aromatic carbocycles. The van der Waals surface area contributed by atoms with Gasteiger partial charge in [0.05, 0.1) is 17.3 Å². The lowest BCUT2D eigenvalue weighted by Crippen LogP contribution is -2.60. The third kappa shape index (κ3) is 4.46. The summed E-state index contributed by atoms with van der Waals surface area (Å²) >= 11 is 0. The number of rotatable bonds is 5. The number of ether oxygens (including phenoxy) is 2. The third-order valence-electron chi connectivity index (χ3n) is 5.73. The number of carbonyl (C=O) groups is 2. The molecule has 1 aliphatic carbocycles. The van der Waals surface area contributed by atoms with Crippen molar-refractivity contribution < 1.29 is 37.3 Å². The molecule has 1 saturated carbocycles. The molecule has 160 valence electrons. The molecule has 1 aromatic rings. The average Bonchev–Trinajstić information content (AvgIpc) is 2.67. The van der Waals surface area contributed by atoms with Crippen LogP contribution in [-0.2, 0) is 38.7 Å². The van der Waals surface area contributed by atoms with Gasteiger partial charge in [0.25, 0.3) is 0 Å². The van der Waals surface area contributed by atoms with E-state index < -0.39 is 39.1 Å². The fourth-order valence-corrected chi connectivity index (χ4v) is 5.75. The summed E-state index contributed by atoms with van der Waals surface area (Å²) < 4.78 is 35.7. The second-order valence-corrected chi connectivity index (χ2v) is 9.94. The van der Waals surface area contributed by atoms with Crippen molar-refractivity contribution in [2.45, 2.75) is 62.2 Å². The van der Waals surface area contributed by atoms with Gasteiger partial charge in [-0.2, -0.15) is 0 Å². The minimum absolute atomic E-state index is 0.0734. The van der Waals surface area contributed by atoms with Crippen molar-refractivity contribution in [1.29, 1.82) is 0 Å². The number of benzene rings is 1. The van der Waals surface area contributed by atoms with Crippen LogP contribution in [0.5, 0.6) is 0 Å². The molecular weight excluding hydrogens is 400 g/mol. The second kappa shape index (κ2) is 8.04. The second-order valence-electron chi connectivity index (χ2n) is 7.95. The Bertz CT molecular complexity index is 868. The normalized spacial score (nSPS) is 31.7. The lowest BCUT2D eigenvalue weighted by atomic mass is 9.71. The van der Waals surface area contributed by atoms with Gasteiger partial charge in [-0.05, 0) is 58.1 Å². The minimum atomic E-state index is -3.57. The van der Waals surface area contributed by atoms with E-state index in [4.69, 9.17) is 14.5 Å². The standard InChI is InChI=1S/C20H26O8S/c1-4-25-17(21)18(22)26-19(2)11-10-14-12-16(19)27-28-20(14,3)13-29(23,24)15-8-6-5-7-9-15/h5-9,14,16H,4,10-13H2,1-3H3/t14?,16?,19?,20-/m1/s1. The van der Waals surface area contributed by atoms with E-state index in [1.54, 1.807) is 51.1 Å². The maximum absolute atomic E-state index is 12.8. The highest BCUT2D eigenvalue weighted by molar-refractivity contribution is 7.91. The van der Waals surface area contributed by atoms with E-state index in [1.807, 2.05) is 0 Å². The summed E-state index contributed by atoms with van der Waals surface area (Å²) in [4.78, 5) is 34.9. The lowest BCUT2D eigenvalue weighted by molar-refractivity contribution is -0.441. The average molecular weight is 426 g/mol. The molecule has 3 rings (SSSR count). The van der Waals surface area contributed by atoms with E-state index in [-0.39, 0.29) is 23.2 Å². The van der Waals surface area contributed by atoms with Crippen molar-refractivity contribution >= 4 is 21.8 Å². The van der Waals surface area contributed by atoms with Crippen LogP contribution in [0.1, 0.15) is 40.0 Å². The molecule has 0 spiro atoms. The zero-order chi connectivity index (χ0) is 21.3. The number of sulfone groups is 1. The number of hydrogen-bond donors (Lipinski definition) is 0. The van der Waals surface area contributed by atoms with Gasteiger partial charge in [-0.1, -0.05) is 18.2 Å². The predicted octanol–water partition coefficient (Wildman–Crippen LogP) is 2.21. The first-order chi connectivity index (χ1) is 13.6. The molecular formula is C20H26O8S. The van der Waals surface area contributed by atoms with Gasteiger partial charge in [-0.3, -0.25) is 0 Å². The molecule has 1 saturated heterocycles. The Balaban J connectivity index is 1.70. The van der Waals surface area contributed by atoms with Crippen LogP contribution in [0.15, 0.2) is 35.2 Å². The molecule has 0 aromatic heterocycles. The number of hydrogen-bond acceptors (Lipinski definition) is 8. The fraction of sp³-hybridized carbons (Fsp3) is 0.600. The van der Waals surface area contributed by atoms with Crippen LogP contribution in [0, 0.1) is 5.92 Å². The van der Waals surface area contributed by atoms with Crippen LogP contribution < -0.4 is 0 Å². The lowest BCUT2D eigenvalue weighted by Gasteiger charge is -2.51. The van der Waals surface area contributed by atoms with E-state index in [2.05, 4.69) is 4.74 Å². The van der Waals surface area contributed by atoms with Crippen molar-refractivity contribution in [2.75, 3.05) is 12.4 Å². The third-order valence-corrected chi connectivity index (χ3v) is 7.68. The van der Waals surface area contributed by atoms with Crippen LogP contribution in [0.4, 0.5) is 0 Å². The molecule has 0 radical (unpaired) electrons. The van der Waals surface area contributed by atoms with Gasteiger partial charge in [-0.25, -0.2) is 27.8 Å². The molecule has 0 N–H and O–H groups in total. The molecule has 4 atom stereocenters. The van der Waals surface area contributed by atoms with Crippen molar-refractivity contribution in [3.8, 4) is 0 Å². The highest BCUT2D eigenvalue weighted by Crippen LogP contribution is 2.47. The van der Waals surface area contributed by atoms with Crippen molar-refractivity contribution in [2.24, 2.45) is 5.92 Å². The topological polar surface area (TPSA) is 105 Å². The van der Waals surface area contributed by atoms with E-state index in [0.717, 1.165) is 0 Å². The van der Waals surface area contributed by atoms with Crippen molar-refractivity contribution in [3.05, 3.63) is 30.3 Å². The van der Waals surface area contributed by atoms with Crippen molar-refractivity contribution in [1.82, 2.24) is 0 Å². The highest BCUT2D eigenvalue weighted by atomic mass is 32.2. The van der Waals surface area contributed by atoms with Crippen LogP contribution in [0.25, 0.3) is 0 Å². The molecule has 1 heterocycles. The van der Waals surface area contributed by atoms with Gasteiger partial charge >= 0.3 is 11.9 Å². The summed E-state index contributed by atoms with van der Waals surface area (Å²) in [7, 11) is -3.57. The van der Waals surface area contributed by atoms with E-state index >= 15 is 0 Å². The zero-order valence-electron chi connectivity index (χ0n) is 16.8. The van der Waals surface area contributed by atoms with Gasteiger partial charge < -0.3 is 9.47 Å². The van der Waals surface area contributed by atoms with E-state index in [9.17, 15) is 18.0 Å². The molecule has 8 nitrogen and oxygen atoms in total. The molecule has 9 heteroatoms. The number of esters is 2. The largest absolute Gasteiger partial charge is 0.458 e. The maximum atomic E-state index is 12.8. The van der Waals surface area contributed by atoms with Crippen LogP contribution in [0.3, 0.4) is 0 Å². The number of carbonyl (C=O) groups excluding carboxylic acids is 2. The van der Waals surface area contributed by atoms with Gasteiger partial charge in [-0.15, -0.1) is 0 Å². The Labute approximate surface area is 170 Å². The van der Waals surface area contributed by atoms with Crippen LogP contribution in [-0.4, -0.2) is 50.0 Å². The predicted molar refractivity (Wildman–Crippen MR) is 101 cm³/mol. The molecule has 2 fully saturated rings. The maximum Gasteiger partial charge on any atom is 0.418 e. The van der Waals surface area contributed by atoms with Gasteiger partial charge in [0, 0.05) is 0 Å². The fourth-order valence-electron chi connectivity index (χ4n) is 3.97. The molecule has 29 heavy (non-hydrogen) atoms. The summed E-state index contributed by atoms with van der Waals surface area (Å²) in [6.45, 7) is 5.07. The van der Waals surface area contributed by atoms with Crippen LogP contribution in [0.2, 0.25) is 0 Å². The highest BCUT2D eigenvalue weighted by Gasteiger charge is 2.55. The van der Waals surface area contributed by atoms with E-state index in [1.165, 1.54) is 0 Å². The van der Waals surface area contributed by atoms with Crippen molar-refractivity contribution in [3.63, 3.8) is 0 Å². The smallest absolute Gasteiger partial charge is 0.418 e. The first-order valence-corrected chi connectivity index (χ1v) is 11.3. The summed E-state index contributed by atoms with van der Waals surface area (Å²) in [6.07, 6.45) is 0.825. The summed E-state index contributed by atoms with van der Waals surface area (Å²) in [5, 5.41) is 0. The molecule has 2 bridgehead atoms. The van der Waals surface area contributed by atoms with Gasteiger partial charge in [0.2, 0.25) is 0 Å². The summed E-state index contributed by atoms with van der Waals surface area (Å²) in [5.41, 5.74) is -2.09.